The first-order valence-corrected chi connectivity index (χ1v) is 17.3. The molecule has 0 saturated heterocycles. The maximum absolute atomic E-state index is 10.8. The highest BCUT2D eigenvalue weighted by atomic mass is 16.4. The van der Waals surface area contributed by atoms with E-state index < -0.39 is 11.9 Å². The van der Waals surface area contributed by atoms with Gasteiger partial charge in [-0.25, -0.2) is 0 Å². The summed E-state index contributed by atoms with van der Waals surface area (Å²) in [6.45, 7) is 4.60. The van der Waals surface area contributed by atoms with Crippen LogP contribution >= 0.6 is 0 Å². The average molecular weight is 561 g/mol. The monoisotopic (exact) mass is 560 g/mol. The molecule has 1 rings (SSSR count). The highest BCUT2D eigenvalue weighted by Gasteiger charge is 2.33. The SMILES string of the molecule is CCCCCCC1C=CC(CCCCCCCC(=O)O)C(/C=C\CCCCCCCC(=O)O)C1CCCCCC. The second-order valence-electron chi connectivity index (χ2n) is 12.5. The van der Waals surface area contributed by atoms with Crippen molar-refractivity contribution in [3.63, 3.8) is 0 Å². The third-order valence-corrected chi connectivity index (χ3v) is 8.97. The third kappa shape index (κ3) is 18.7. The van der Waals surface area contributed by atoms with Gasteiger partial charge in [0.05, 0.1) is 0 Å². The lowest BCUT2D eigenvalue weighted by Crippen LogP contribution is -2.30. The Labute approximate surface area is 247 Å². The minimum atomic E-state index is -0.676. The molecule has 0 spiro atoms. The fraction of sp³-hybridized carbons (Fsp3) is 0.833. The Morgan fingerprint density at radius 3 is 1.60 bits per heavy atom. The van der Waals surface area contributed by atoms with Gasteiger partial charge < -0.3 is 10.2 Å². The zero-order valence-electron chi connectivity index (χ0n) is 26.3. The number of carboxylic acid groups (broad SMARTS) is 2. The number of allylic oxidation sites excluding steroid dienone is 4. The van der Waals surface area contributed by atoms with Gasteiger partial charge in [0.25, 0.3) is 0 Å². The Balaban J connectivity index is 2.74. The van der Waals surface area contributed by atoms with Gasteiger partial charge in [-0.15, -0.1) is 0 Å². The minimum absolute atomic E-state index is 0.304. The van der Waals surface area contributed by atoms with Crippen LogP contribution in [0.3, 0.4) is 0 Å². The molecule has 0 heterocycles. The molecule has 0 aromatic carbocycles. The predicted octanol–water partition coefficient (Wildman–Crippen LogP) is 11.1. The topological polar surface area (TPSA) is 74.6 Å². The smallest absolute Gasteiger partial charge is 0.303 e. The molecule has 4 nitrogen and oxygen atoms in total. The zero-order valence-corrected chi connectivity index (χ0v) is 26.3. The second-order valence-corrected chi connectivity index (χ2v) is 12.5. The van der Waals surface area contributed by atoms with E-state index in [-0.39, 0.29) is 0 Å². The summed E-state index contributed by atoms with van der Waals surface area (Å²) < 4.78 is 0. The summed E-state index contributed by atoms with van der Waals surface area (Å²) in [4.78, 5) is 21.5. The third-order valence-electron chi connectivity index (χ3n) is 8.97. The Morgan fingerprint density at radius 1 is 0.575 bits per heavy atom. The zero-order chi connectivity index (χ0) is 29.3. The van der Waals surface area contributed by atoms with E-state index in [2.05, 4.69) is 38.2 Å². The largest absolute Gasteiger partial charge is 0.481 e. The highest BCUT2D eigenvalue weighted by Crippen LogP contribution is 2.43. The number of rotatable bonds is 27. The minimum Gasteiger partial charge on any atom is -0.481 e. The molecular formula is C36H64O4. The molecule has 40 heavy (non-hydrogen) atoms. The number of aliphatic carboxylic acids is 2. The van der Waals surface area contributed by atoms with E-state index in [4.69, 9.17) is 10.2 Å². The molecule has 0 aromatic rings. The molecule has 0 saturated carbocycles. The summed E-state index contributed by atoms with van der Waals surface area (Å²) in [6.07, 6.45) is 37.5. The van der Waals surface area contributed by atoms with E-state index in [9.17, 15) is 9.59 Å². The van der Waals surface area contributed by atoms with E-state index in [1.807, 2.05) is 0 Å². The molecule has 0 bridgehead atoms. The molecule has 4 unspecified atom stereocenters. The van der Waals surface area contributed by atoms with Crippen molar-refractivity contribution < 1.29 is 19.8 Å². The molecule has 0 amide bonds. The van der Waals surface area contributed by atoms with E-state index in [0.717, 1.165) is 56.8 Å². The van der Waals surface area contributed by atoms with Gasteiger partial charge in [-0.05, 0) is 68.6 Å². The van der Waals surface area contributed by atoms with E-state index in [1.165, 1.54) is 96.3 Å². The van der Waals surface area contributed by atoms with Crippen molar-refractivity contribution in [3.05, 3.63) is 24.3 Å². The molecule has 4 heteroatoms. The Bertz CT molecular complexity index is 682. The van der Waals surface area contributed by atoms with Crippen LogP contribution in [0, 0.1) is 23.7 Å². The van der Waals surface area contributed by atoms with Gasteiger partial charge in [-0.3, -0.25) is 9.59 Å². The molecule has 0 fully saturated rings. The van der Waals surface area contributed by atoms with Crippen LogP contribution in [-0.2, 0) is 9.59 Å². The van der Waals surface area contributed by atoms with Crippen LogP contribution in [0.25, 0.3) is 0 Å². The molecule has 4 atom stereocenters. The molecule has 232 valence electrons. The van der Waals surface area contributed by atoms with Crippen molar-refractivity contribution in [2.75, 3.05) is 0 Å². The van der Waals surface area contributed by atoms with Crippen LogP contribution in [0.4, 0.5) is 0 Å². The lowest BCUT2D eigenvalue weighted by molar-refractivity contribution is -0.138. The van der Waals surface area contributed by atoms with Gasteiger partial charge in [0, 0.05) is 12.8 Å². The standard InChI is InChI=1S/C36H64O4/c1-3-5-7-17-23-31-29-30-32(24-18-13-12-16-22-28-36(39)40)34(33(31)25-19-8-6-4-2)26-20-14-10-9-11-15-21-27-35(37)38/h20,26,29-34H,3-19,21-25,27-28H2,1-2H3,(H,37,38)(H,39,40)/b26-20-. The molecular weight excluding hydrogens is 496 g/mol. The van der Waals surface area contributed by atoms with Gasteiger partial charge >= 0.3 is 11.9 Å². The highest BCUT2D eigenvalue weighted by molar-refractivity contribution is 5.66. The van der Waals surface area contributed by atoms with Crippen LogP contribution in [-0.4, -0.2) is 22.2 Å². The first-order valence-electron chi connectivity index (χ1n) is 17.3. The number of unbranched alkanes of at least 4 members (excludes halogenated alkanes) is 15. The summed E-state index contributed by atoms with van der Waals surface area (Å²) in [7, 11) is 0. The van der Waals surface area contributed by atoms with Crippen LogP contribution in [0.15, 0.2) is 24.3 Å². The molecule has 0 aromatic heterocycles. The normalized spacial score (nSPS) is 20.9. The first-order chi connectivity index (χ1) is 19.5. The number of carboxylic acids is 2. The summed E-state index contributed by atoms with van der Waals surface area (Å²) in [5.74, 6) is 1.41. The van der Waals surface area contributed by atoms with Gasteiger partial charge in [-0.1, -0.05) is 134 Å². The van der Waals surface area contributed by atoms with Crippen molar-refractivity contribution in [1.29, 1.82) is 0 Å². The fourth-order valence-corrected chi connectivity index (χ4v) is 6.57. The van der Waals surface area contributed by atoms with E-state index in [0.29, 0.717) is 24.7 Å². The molecule has 0 aliphatic heterocycles. The Kier molecular flexibility index (Phi) is 22.9. The summed E-state index contributed by atoms with van der Waals surface area (Å²) in [6, 6.07) is 0. The van der Waals surface area contributed by atoms with Crippen LogP contribution < -0.4 is 0 Å². The molecule has 2 N–H and O–H groups in total. The quantitative estimate of drug-likeness (QED) is 0.0774. The Morgan fingerprint density at radius 2 is 1.02 bits per heavy atom. The van der Waals surface area contributed by atoms with Crippen LogP contribution in [0.1, 0.15) is 168 Å². The second kappa shape index (κ2) is 25.2. The van der Waals surface area contributed by atoms with Crippen molar-refractivity contribution >= 4 is 11.9 Å². The van der Waals surface area contributed by atoms with Crippen LogP contribution in [0.5, 0.6) is 0 Å². The lowest BCUT2D eigenvalue weighted by atomic mass is 9.66. The summed E-state index contributed by atoms with van der Waals surface area (Å²) in [5, 5.41) is 17.7. The molecule has 1 aliphatic carbocycles. The maximum atomic E-state index is 10.8. The fourth-order valence-electron chi connectivity index (χ4n) is 6.57. The van der Waals surface area contributed by atoms with Gasteiger partial charge in [-0.2, -0.15) is 0 Å². The van der Waals surface area contributed by atoms with E-state index >= 15 is 0 Å². The van der Waals surface area contributed by atoms with Crippen LogP contribution in [0.2, 0.25) is 0 Å². The molecule has 0 radical (unpaired) electrons. The van der Waals surface area contributed by atoms with Crippen molar-refractivity contribution in [1.82, 2.24) is 0 Å². The van der Waals surface area contributed by atoms with Gasteiger partial charge in [0.15, 0.2) is 0 Å². The average Bonchev–Trinajstić information content (AvgIpc) is 2.93. The van der Waals surface area contributed by atoms with Crippen molar-refractivity contribution in [2.45, 2.75) is 168 Å². The number of hydrogen-bond acceptors (Lipinski definition) is 2. The number of carbonyl (C=O) groups is 2. The van der Waals surface area contributed by atoms with Gasteiger partial charge in [0.2, 0.25) is 0 Å². The lowest BCUT2D eigenvalue weighted by Gasteiger charge is -2.39. The Hall–Kier alpha value is -1.58. The van der Waals surface area contributed by atoms with E-state index in [1.54, 1.807) is 0 Å². The first kappa shape index (κ1) is 36.4. The number of hydrogen-bond donors (Lipinski definition) is 2. The van der Waals surface area contributed by atoms with Crippen molar-refractivity contribution in [3.8, 4) is 0 Å². The predicted molar refractivity (Wildman–Crippen MR) is 170 cm³/mol. The maximum Gasteiger partial charge on any atom is 0.303 e. The summed E-state index contributed by atoms with van der Waals surface area (Å²) >= 11 is 0. The molecule has 1 aliphatic rings. The van der Waals surface area contributed by atoms with Gasteiger partial charge in [0.1, 0.15) is 0 Å². The van der Waals surface area contributed by atoms with Crippen molar-refractivity contribution in [2.24, 2.45) is 23.7 Å². The summed E-state index contributed by atoms with van der Waals surface area (Å²) in [5.41, 5.74) is 0.